The predicted octanol–water partition coefficient (Wildman–Crippen LogP) is 3.23. The van der Waals surface area contributed by atoms with Gasteiger partial charge < -0.3 is 5.11 Å². The van der Waals surface area contributed by atoms with Gasteiger partial charge in [0.05, 0.1) is 6.10 Å². The molecule has 1 nitrogen and oxygen atoms in total. The van der Waals surface area contributed by atoms with Gasteiger partial charge in [-0.3, -0.25) is 0 Å². The highest BCUT2D eigenvalue weighted by atomic mass is 80.0. The molecule has 0 aromatic rings. The Morgan fingerprint density at radius 1 is 1.45 bits per heavy atom. The van der Waals surface area contributed by atoms with E-state index in [1.807, 2.05) is 0 Å². The van der Waals surface area contributed by atoms with Crippen molar-refractivity contribution in [2.75, 3.05) is 0 Å². The van der Waals surface area contributed by atoms with Crippen LogP contribution >= 0.6 is 47.8 Å². The van der Waals surface area contributed by atoms with E-state index in [0.29, 0.717) is 11.3 Å². The van der Waals surface area contributed by atoms with Gasteiger partial charge in [-0.25, -0.2) is 0 Å². The molecule has 0 radical (unpaired) electrons. The van der Waals surface area contributed by atoms with Gasteiger partial charge in [0, 0.05) is 0 Å². The normalized spacial score (nSPS) is 31.6. The molecule has 66 valence electrons. The van der Waals surface area contributed by atoms with Crippen molar-refractivity contribution >= 4 is 47.8 Å². The zero-order valence-corrected chi connectivity index (χ0v) is 11.2. The van der Waals surface area contributed by atoms with Crippen molar-refractivity contribution in [1.82, 2.24) is 0 Å². The van der Waals surface area contributed by atoms with Gasteiger partial charge in [0.2, 0.25) is 0 Å². The molecule has 0 heterocycles. The summed E-state index contributed by atoms with van der Waals surface area (Å²) < 4.78 is -0.508. The first-order valence-electron chi connectivity index (χ1n) is 3.50. The lowest BCUT2D eigenvalue weighted by Gasteiger charge is -2.21. The summed E-state index contributed by atoms with van der Waals surface area (Å²) in [7, 11) is 0. The second-order valence-electron chi connectivity index (χ2n) is 3.79. The van der Waals surface area contributed by atoms with E-state index in [9.17, 15) is 5.11 Å². The number of hydrogen-bond donors (Lipinski definition) is 1. The third kappa shape index (κ3) is 2.42. The number of alkyl halides is 3. The van der Waals surface area contributed by atoms with Gasteiger partial charge in [0.15, 0.2) is 2.14 Å². The first-order valence-corrected chi connectivity index (χ1v) is 5.88. The van der Waals surface area contributed by atoms with E-state index in [-0.39, 0.29) is 6.10 Å². The minimum absolute atomic E-state index is 0.306. The summed E-state index contributed by atoms with van der Waals surface area (Å²) in [5.41, 5.74) is 0.306. The van der Waals surface area contributed by atoms with E-state index in [2.05, 4.69) is 61.6 Å². The smallest absolute Gasteiger partial charge is 0.160 e. The van der Waals surface area contributed by atoms with Gasteiger partial charge in [0.25, 0.3) is 0 Å². The summed E-state index contributed by atoms with van der Waals surface area (Å²) in [5.74, 6) is 0.389. The Morgan fingerprint density at radius 3 is 1.91 bits per heavy atom. The minimum Gasteiger partial charge on any atom is -0.390 e. The summed E-state index contributed by atoms with van der Waals surface area (Å²) in [6.07, 6.45) is 0.719. The second-order valence-corrected chi connectivity index (χ2v) is 10.7. The Kier molecular flexibility index (Phi) is 2.82. The minimum atomic E-state index is -0.508. The molecule has 0 aromatic carbocycles. The van der Waals surface area contributed by atoms with Crippen molar-refractivity contribution in [3.8, 4) is 0 Å². The number of hydrogen-bond acceptors (Lipinski definition) is 1. The summed E-state index contributed by atoms with van der Waals surface area (Å²) in [4.78, 5) is 0. The standard InChI is InChI=1S/C7H11Br3O/c1-6(2)3-4(6)5(11)7(8,9)10/h4-5,11H,3H2,1-2H3/t4-,5-/m1/s1. The summed E-state index contributed by atoms with van der Waals surface area (Å²) in [5, 5.41) is 9.72. The molecule has 1 fully saturated rings. The fourth-order valence-electron chi connectivity index (χ4n) is 1.27. The van der Waals surface area contributed by atoms with Crippen LogP contribution in [0.15, 0.2) is 0 Å². The maximum Gasteiger partial charge on any atom is 0.160 e. The van der Waals surface area contributed by atoms with Crippen LogP contribution in [0.5, 0.6) is 0 Å². The quantitative estimate of drug-likeness (QED) is 0.720. The highest BCUT2D eigenvalue weighted by molar-refractivity contribution is 9.39. The lowest BCUT2D eigenvalue weighted by Crippen LogP contribution is -2.27. The molecule has 11 heavy (non-hydrogen) atoms. The monoisotopic (exact) mass is 348 g/mol. The van der Waals surface area contributed by atoms with Crippen molar-refractivity contribution < 1.29 is 5.11 Å². The summed E-state index contributed by atoms with van der Waals surface area (Å²) in [6, 6.07) is 0. The molecular formula is C7H11Br3O. The molecule has 0 aliphatic heterocycles. The van der Waals surface area contributed by atoms with Gasteiger partial charge in [-0.15, -0.1) is 0 Å². The molecule has 1 aliphatic carbocycles. The van der Waals surface area contributed by atoms with Crippen LogP contribution in [0.4, 0.5) is 0 Å². The molecular weight excluding hydrogens is 340 g/mol. The SMILES string of the molecule is CC1(C)C[C@@H]1[C@@H](O)C(Br)(Br)Br. The highest BCUT2D eigenvalue weighted by Crippen LogP contribution is 2.58. The Morgan fingerprint density at radius 2 is 1.82 bits per heavy atom. The predicted molar refractivity (Wildman–Crippen MR) is 57.4 cm³/mol. The van der Waals surface area contributed by atoms with Crippen molar-refractivity contribution in [2.24, 2.45) is 11.3 Å². The average molecular weight is 351 g/mol. The lowest BCUT2D eigenvalue weighted by molar-refractivity contribution is 0.150. The van der Waals surface area contributed by atoms with Crippen LogP contribution < -0.4 is 0 Å². The van der Waals surface area contributed by atoms with Crippen LogP contribution in [0.25, 0.3) is 0 Å². The molecule has 0 spiro atoms. The first kappa shape index (κ1) is 10.5. The topological polar surface area (TPSA) is 20.2 Å². The average Bonchev–Trinajstić information content (AvgIpc) is 2.36. The van der Waals surface area contributed by atoms with Crippen LogP contribution in [0.2, 0.25) is 0 Å². The first-order chi connectivity index (χ1) is 4.75. The van der Waals surface area contributed by atoms with E-state index in [4.69, 9.17) is 0 Å². The molecule has 2 atom stereocenters. The van der Waals surface area contributed by atoms with Crippen molar-refractivity contribution in [2.45, 2.75) is 28.5 Å². The fraction of sp³-hybridized carbons (Fsp3) is 1.00. The van der Waals surface area contributed by atoms with E-state index in [1.165, 1.54) is 0 Å². The van der Waals surface area contributed by atoms with E-state index in [1.54, 1.807) is 0 Å². The number of aliphatic hydroxyl groups excluding tert-OH is 1. The van der Waals surface area contributed by atoms with Gasteiger partial charge in [-0.05, 0) is 17.8 Å². The summed E-state index contributed by atoms with van der Waals surface area (Å²) >= 11 is 9.96. The molecule has 1 aliphatic rings. The number of rotatable bonds is 1. The molecule has 4 heteroatoms. The number of halogens is 3. The van der Waals surface area contributed by atoms with Crippen molar-refractivity contribution in [3.63, 3.8) is 0 Å². The highest BCUT2D eigenvalue weighted by Gasteiger charge is 2.54. The molecule has 1 saturated carbocycles. The van der Waals surface area contributed by atoms with Gasteiger partial charge in [-0.2, -0.15) is 0 Å². The van der Waals surface area contributed by atoms with Crippen LogP contribution in [0.3, 0.4) is 0 Å². The van der Waals surface area contributed by atoms with Crippen molar-refractivity contribution in [1.29, 1.82) is 0 Å². The molecule has 0 amide bonds. The van der Waals surface area contributed by atoms with Gasteiger partial charge in [-0.1, -0.05) is 61.6 Å². The van der Waals surface area contributed by atoms with E-state index in [0.717, 1.165) is 6.42 Å². The molecule has 0 saturated heterocycles. The molecule has 0 unspecified atom stereocenters. The third-order valence-electron chi connectivity index (χ3n) is 2.31. The fourth-order valence-corrected chi connectivity index (χ4v) is 2.23. The van der Waals surface area contributed by atoms with E-state index >= 15 is 0 Å². The molecule has 0 bridgehead atoms. The Balaban J connectivity index is 2.52. The van der Waals surface area contributed by atoms with E-state index < -0.39 is 2.14 Å². The molecule has 1 rings (SSSR count). The van der Waals surface area contributed by atoms with Crippen LogP contribution in [-0.2, 0) is 0 Å². The Bertz CT molecular complexity index is 162. The Hall–Kier alpha value is 1.40. The van der Waals surface area contributed by atoms with Crippen molar-refractivity contribution in [3.05, 3.63) is 0 Å². The van der Waals surface area contributed by atoms with Gasteiger partial charge >= 0.3 is 0 Å². The third-order valence-corrected chi connectivity index (χ3v) is 3.71. The maximum atomic E-state index is 9.72. The second kappa shape index (κ2) is 2.96. The Labute approximate surface area is 92.3 Å². The lowest BCUT2D eigenvalue weighted by atomic mass is 10.1. The molecule has 0 aromatic heterocycles. The largest absolute Gasteiger partial charge is 0.390 e. The number of aliphatic hydroxyl groups is 1. The molecule has 1 N–H and O–H groups in total. The van der Waals surface area contributed by atoms with Crippen LogP contribution in [-0.4, -0.2) is 13.4 Å². The van der Waals surface area contributed by atoms with Gasteiger partial charge in [0.1, 0.15) is 0 Å². The summed E-state index contributed by atoms with van der Waals surface area (Å²) in [6.45, 7) is 4.33. The maximum absolute atomic E-state index is 9.72. The van der Waals surface area contributed by atoms with Crippen LogP contribution in [0, 0.1) is 11.3 Å². The zero-order valence-electron chi connectivity index (χ0n) is 6.44. The van der Waals surface area contributed by atoms with Crippen LogP contribution in [0.1, 0.15) is 20.3 Å². The zero-order chi connectivity index (χ0) is 8.86.